The number of benzene rings is 2. The Hall–Kier alpha value is -2.21. The quantitative estimate of drug-likeness (QED) is 0.914. The number of carbonyl (C=O) groups is 1. The van der Waals surface area contributed by atoms with Gasteiger partial charge in [-0.05, 0) is 37.3 Å². The van der Waals surface area contributed by atoms with Gasteiger partial charge in [0.05, 0.1) is 5.69 Å². The summed E-state index contributed by atoms with van der Waals surface area (Å²) in [6.45, 7) is 1.35. The van der Waals surface area contributed by atoms with Gasteiger partial charge in [-0.3, -0.25) is 4.79 Å². The average Bonchev–Trinajstić information content (AvgIpc) is 2.44. The lowest BCUT2D eigenvalue weighted by Crippen LogP contribution is -2.30. The maximum atomic E-state index is 13.6. The molecule has 0 aliphatic heterocycles. The Morgan fingerprint density at radius 3 is 2.50 bits per heavy atom. The number of halogens is 4. The van der Waals surface area contributed by atoms with Gasteiger partial charge in [0.2, 0.25) is 0 Å². The summed E-state index contributed by atoms with van der Waals surface area (Å²) in [5.41, 5.74) is -0.0792. The molecule has 1 amide bonds. The van der Waals surface area contributed by atoms with Crippen LogP contribution >= 0.6 is 11.6 Å². The first-order chi connectivity index (χ1) is 10.4. The van der Waals surface area contributed by atoms with Gasteiger partial charge in [-0.15, -0.1) is 0 Å². The molecule has 0 radical (unpaired) electrons. The van der Waals surface area contributed by atoms with Gasteiger partial charge in [0, 0.05) is 11.1 Å². The number of anilines is 1. The van der Waals surface area contributed by atoms with E-state index in [0.717, 1.165) is 18.2 Å². The lowest BCUT2D eigenvalue weighted by Gasteiger charge is -2.15. The molecule has 0 bridgehead atoms. The summed E-state index contributed by atoms with van der Waals surface area (Å²) in [4.78, 5) is 11.9. The van der Waals surface area contributed by atoms with Crippen LogP contribution in [-0.2, 0) is 4.79 Å². The molecule has 0 spiro atoms. The number of hydrogen-bond acceptors (Lipinski definition) is 2. The molecule has 1 atom stereocenters. The minimum atomic E-state index is -1.12. The van der Waals surface area contributed by atoms with Crippen LogP contribution in [0.25, 0.3) is 0 Å². The fourth-order valence-electron chi connectivity index (χ4n) is 1.64. The number of rotatable bonds is 4. The average molecular weight is 330 g/mol. The van der Waals surface area contributed by atoms with Crippen molar-refractivity contribution in [3.63, 3.8) is 0 Å². The van der Waals surface area contributed by atoms with E-state index in [-0.39, 0.29) is 16.5 Å². The minimum absolute atomic E-state index is 0.0792. The number of carbonyl (C=O) groups excluding carboxylic acids is 1. The Morgan fingerprint density at radius 1 is 1.14 bits per heavy atom. The zero-order chi connectivity index (χ0) is 16.3. The topological polar surface area (TPSA) is 38.3 Å². The molecule has 0 aliphatic carbocycles. The van der Waals surface area contributed by atoms with E-state index in [0.29, 0.717) is 6.07 Å². The highest BCUT2D eigenvalue weighted by molar-refractivity contribution is 6.30. The summed E-state index contributed by atoms with van der Waals surface area (Å²) in [6, 6.07) is 6.45. The van der Waals surface area contributed by atoms with Gasteiger partial charge in [0.1, 0.15) is 11.6 Å². The van der Waals surface area contributed by atoms with E-state index in [1.165, 1.54) is 19.1 Å². The summed E-state index contributed by atoms with van der Waals surface area (Å²) in [6.07, 6.45) is -1.12. The van der Waals surface area contributed by atoms with Crippen LogP contribution in [0.2, 0.25) is 5.02 Å². The first kappa shape index (κ1) is 16.2. The summed E-state index contributed by atoms with van der Waals surface area (Å²) in [7, 11) is 0. The van der Waals surface area contributed by atoms with Gasteiger partial charge < -0.3 is 10.1 Å². The summed E-state index contributed by atoms with van der Waals surface area (Å²) < 4.78 is 44.9. The van der Waals surface area contributed by atoms with Crippen LogP contribution in [0.5, 0.6) is 5.75 Å². The highest BCUT2D eigenvalue weighted by atomic mass is 35.5. The largest absolute Gasteiger partial charge is 0.478 e. The van der Waals surface area contributed by atoms with E-state index in [4.69, 9.17) is 16.3 Å². The van der Waals surface area contributed by atoms with Crippen molar-refractivity contribution < 1.29 is 22.7 Å². The molecule has 0 aliphatic rings. The summed E-state index contributed by atoms with van der Waals surface area (Å²) in [5, 5.41) is 2.48. The molecule has 3 nitrogen and oxygen atoms in total. The second-order valence-corrected chi connectivity index (χ2v) is 4.88. The Labute approximate surface area is 129 Å². The standard InChI is InChI=1S/C15H11ClF3NO2/c1-8(22-14-5-3-10(17)7-12(14)19)15(21)20-13-4-2-9(16)6-11(13)18/h2-8H,1H3,(H,20,21). The Balaban J connectivity index is 2.05. The van der Waals surface area contributed by atoms with Crippen LogP contribution in [0.15, 0.2) is 36.4 Å². The molecule has 2 aromatic carbocycles. The van der Waals surface area contributed by atoms with Crippen molar-refractivity contribution in [1.82, 2.24) is 0 Å². The van der Waals surface area contributed by atoms with E-state index in [1.54, 1.807) is 0 Å². The second-order valence-electron chi connectivity index (χ2n) is 4.45. The van der Waals surface area contributed by atoms with E-state index in [1.807, 2.05) is 0 Å². The van der Waals surface area contributed by atoms with Gasteiger partial charge in [-0.25, -0.2) is 13.2 Å². The van der Waals surface area contributed by atoms with Crippen LogP contribution < -0.4 is 10.1 Å². The first-order valence-corrected chi connectivity index (χ1v) is 6.62. The molecular weight excluding hydrogens is 319 g/mol. The normalized spacial score (nSPS) is 11.9. The maximum Gasteiger partial charge on any atom is 0.265 e. The lowest BCUT2D eigenvalue weighted by molar-refractivity contribution is -0.122. The molecule has 0 saturated heterocycles. The monoisotopic (exact) mass is 329 g/mol. The highest BCUT2D eigenvalue weighted by Crippen LogP contribution is 2.21. The Morgan fingerprint density at radius 2 is 1.86 bits per heavy atom. The lowest BCUT2D eigenvalue weighted by atomic mass is 10.2. The van der Waals surface area contributed by atoms with Gasteiger partial charge in [0.25, 0.3) is 5.91 Å². The maximum absolute atomic E-state index is 13.6. The molecule has 0 saturated carbocycles. The van der Waals surface area contributed by atoms with Crippen LogP contribution in [0.4, 0.5) is 18.9 Å². The van der Waals surface area contributed by atoms with Crippen molar-refractivity contribution in [2.24, 2.45) is 0 Å². The third-order valence-electron chi connectivity index (χ3n) is 2.76. The van der Waals surface area contributed by atoms with Crippen LogP contribution in [0.3, 0.4) is 0 Å². The van der Waals surface area contributed by atoms with E-state index >= 15 is 0 Å². The first-order valence-electron chi connectivity index (χ1n) is 6.24. The van der Waals surface area contributed by atoms with Crippen LogP contribution in [0.1, 0.15) is 6.92 Å². The molecule has 0 aromatic heterocycles. The zero-order valence-corrected chi connectivity index (χ0v) is 12.1. The third-order valence-corrected chi connectivity index (χ3v) is 2.99. The second kappa shape index (κ2) is 6.70. The van der Waals surface area contributed by atoms with Gasteiger partial charge >= 0.3 is 0 Å². The molecule has 0 heterocycles. The molecule has 116 valence electrons. The molecule has 1 N–H and O–H groups in total. The van der Waals surface area contributed by atoms with Crippen molar-refractivity contribution in [3.05, 3.63) is 58.9 Å². The molecule has 1 unspecified atom stereocenters. The van der Waals surface area contributed by atoms with Gasteiger partial charge in [0.15, 0.2) is 17.7 Å². The van der Waals surface area contributed by atoms with Crippen molar-refractivity contribution in [2.45, 2.75) is 13.0 Å². The van der Waals surface area contributed by atoms with Gasteiger partial charge in [-0.1, -0.05) is 11.6 Å². The van der Waals surface area contributed by atoms with Gasteiger partial charge in [-0.2, -0.15) is 0 Å². The predicted molar refractivity (Wildman–Crippen MR) is 76.5 cm³/mol. The number of hydrogen-bond donors (Lipinski definition) is 1. The fourth-order valence-corrected chi connectivity index (χ4v) is 1.80. The van der Waals surface area contributed by atoms with E-state index in [2.05, 4.69) is 5.32 Å². The van der Waals surface area contributed by atoms with Crippen molar-refractivity contribution in [3.8, 4) is 5.75 Å². The zero-order valence-electron chi connectivity index (χ0n) is 11.4. The molecule has 2 rings (SSSR count). The van der Waals surface area contributed by atoms with Crippen LogP contribution in [0, 0.1) is 17.5 Å². The van der Waals surface area contributed by atoms with Crippen molar-refractivity contribution in [1.29, 1.82) is 0 Å². The third kappa shape index (κ3) is 3.92. The summed E-state index contributed by atoms with van der Waals surface area (Å²) >= 11 is 5.60. The SMILES string of the molecule is CC(Oc1ccc(F)cc1F)C(=O)Nc1ccc(Cl)cc1F. The smallest absolute Gasteiger partial charge is 0.265 e. The van der Waals surface area contributed by atoms with E-state index < -0.39 is 29.5 Å². The number of nitrogens with one attached hydrogen (secondary N) is 1. The van der Waals surface area contributed by atoms with Crippen LogP contribution in [-0.4, -0.2) is 12.0 Å². The Kier molecular flexibility index (Phi) is 4.92. The van der Waals surface area contributed by atoms with Crippen molar-refractivity contribution >= 4 is 23.2 Å². The van der Waals surface area contributed by atoms with Crippen molar-refractivity contribution in [2.75, 3.05) is 5.32 Å². The molecule has 2 aromatic rings. The number of amides is 1. The molecule has 22 heavy (non-hydrogen) atoms. The molecular formula is C15H11ClF3NO2. The molecule has 0 fully saturated rings. The minimum Gasteiger partial charge on any atom is -0.478 e. The highest BCUT2D eigenvalue weighted by Gasteiger charge is 2.18. The molecule has 7 heteroatoms. The fraction of sp³-hybridized carbons (Fsp3) is 0.133. The van der Waals surface area contributed by atoms with E-state index in [9.17, 15) is 18.0 Å². The Bertz CT molecular complexity index is 709. The predicted octanol–water partition coefficient (Wildman–Crippen LogP) is 4.16. The summed E-state index contributed by atoms with van der Waals surface area (Å²) in [5.74, 6) is -3.37. The number of ether oxygens (including phenoxy) is 1.